The standard InChI is InChI=1S/C21H18ClN3O3S.ClH/c1-28-19-12-13(25-29(2,26)27)10-11-18(19)24-20-14-6-3-4-9-17(14)23-21-15(20)7-5-8-16(21)22;/h3-12,25H,1-2H3,(H,23,24);1H. The van der Waals surface area contributed by atoms with E-state index >= 15 is 0 Å². The molecule has 0 saturated heterocycles. The molecule has 0 bridgehead atoms. The van der Waals surface area contributed by atoms with Crippen LogP contribution < -0.4 is 14.8 Å². The van der Waals surface area contributed by atoms with Gasteiger partial charge in [0.15, 0.2) is 0 Å². The van der Waals surface area contributed by atoms with Crippen molar-refractivity contribution in [3.8, 4) is 5.75 Å². The first-order valence-electron chi connectivity index (χ1n) is 8.75. The fourth-order valence-electron chi connectivity index (χ4n) is 3.22. The number of halogens is 2. The number of sulfonamides is 1. The third kappa shape index (κ3) is 4.38. The number of benzene rings is 3. The van der Waals surface area contributed by atoms with E-state index in [9.17, 15) is 8.42 Å². The van der Waals surface area contributed by atoms with Crippen molar-refractivity contribution >= 4 is 72.9 Å². The predicted molar refractivity (Wildman–Crippen MR) is 126 cm³/mol. The minimum absolute atomic E-state index is 0. The van der Waals surface area contributed by atoms with E-state index < -0.39 is 10.0 Å². The number of nitrogens with zero attached hydrogens (tertiary/aromatic N) is 1. The Kier molecular flexibility index (Phi) is 6.26. The van der Waals surface area contributed by atoms with E-state index in [1.807, 2.05) is 42.5 Å². The van der Waals surface area contributed by atoms with Crippen LogP contribution in [-0.4, -0.2) is 26.8 Å². The van der Waals surface area contributed by atoms with Crippen molar-refractivity contribution in [1.29, 1.82) is 0 Å². The lowest BCUT2D eigenvalue weighted by Gasteiger charge is -2.17. The summed E-state index contributed by atoms with van der Waals surface area (Å²) >= 11 is 6.39. The third-order valence-electron chi connectivity index (χ3n) is 4.43. The van der Waals surface area contributed by atoms with Crippen molar-refractivity contribution in [3.63, 3.8) is 0 Å². The summed E-state index contributed by atoms with van der Waals surface area (Å²) in [4.78, 5) is 4.70. The highest BCUT2D eigenvalue weighted by atomic mass is 35.5. The molecule has 0 aliphatic heterocycles. The molecule has 2 N–H and O–H groups in total. The van der Waals surface area contributed by atoms with Crippen LogP contribution >= 0.6 is 24.0 Å². The van der Waals surface area contributed by atoms with E-state index in [0.717, 1.165) is 28.2 Å². The molecule has 0 spiro atoms. The molecule has 30 heavy (non-hydrogen) atoms. The Bertz CT molecular complexity index is 1340. The van der Waals surface area contributed by atoms with Gasteiger partial charge in [-0.15, -0.1) is 12.4 Å². The second kappa shape index (κ2) is 8.55. The van der Waals surface area contributed by atoms with Gasteiger partial charge < -0.3 is 10.1 Å². The molecule has 0 aliphatic rings. The number of rotatable bonds is 5. The number of para-hydroxylation sites is 2. The van der Waals surface area contributed by atoms with Gasteiger partial charge in [-0.25, -0.2) is 13.4 Å². The SMILES string of the molecule is COc1cc(NS(C)(=O)=O)ccc1Nc1c2ccccc2nc2c(Cl)cccc12.Cl. The average molecular weight is 464 g/mol. The maximum Gasteiger partial charge on any atom is 0.229 e. The number of ether oxygens (including phenoxy) is 1. The summed E-state index contributed by atoms with van der Waals surface area (Å²) in [5, 5.41) is 5.80. The Morgan fingerprint density at radius 1 is 1.00 bits per heavy atom. The first kappa shape index (κ1) is 22.0. The van der Waals surface area contributed by atoms with Gasteiger partial charge in [-0.05, 0) is 24.3 Å². The van der Waals surface area contributed by atoms with E-state index in [4.69, 9.17) is 21.3 Å². The van der Waals surface area contributed by atoms with Gasteiger partial charge in [0.1, 0.15) is 5.75 Å². The molecule has 0 atom stereocenters. The van der Waals surface area contributed by atoms with Gasteiger partial charge in [0.2, 0.25) is 10.0 Å². The number of fused-ring (bicyclic) bond motifs is 2. The summed E-state index contributed by atoms with van der Waals surface area (Å²) in [6, 6.07) is 18.5. The fourth-order valence-corrected chi connectivity index (χ4v) is 3.99. The monoisotopic (exact) mass is 463 g/mol. The molecule has 4 aromatic rings. The molecular formula is C21H19Cl2N3O3S. The summed E-state index contributed by atoms with van der Waals surface area (Å²) in [5.74, 6) is 0.495. The molecule has 9 heteroatoms. The van der Waals surface area contributed by atoms with Gasteiger partial charge in [-0.3, -0.25) is 4.72 Å². The highest BCUT2D eigenvalue weighted by Crippen LogP contribution is 2.38. The molecule has 0 unspecified atom stereocenters. The lowest BCUT2D eigenvalue weighted by Crippen LogP contribution is -2.09. The van der Waals surface area contributed by atoms with Crippen LogP contribution in [-0.2, 0) is 10.0 Å². The van der Waals surface area contributed by atoms with Crippen LogP contribution in [0.25, 0.3) is 21.8 Å². The Balaban J connectivity index is 0.00000256. The summed E-state index contributed by atoms with van der Waals surface area (Å²) in [5.41, 5.74) is 3.46. The maximum absolute atomic E-state index is 11.5. The zero-order valence-corrected chi connectivity index (χ0v) is 18.5. The molecule has 0 aliphatic carbocycles. The fraction of sp³-hybridized carbons (Fsp3) is 0.0952. The normalized spacial score (nSPS) is 11.2. The average Bonchev–Trinajstić information content (AvgIpc) is 2.68. The summed E-state index contributed by atoms with van der Waals surface area (Å²) < 4.78 is 31.0. The van der Waals surface area contributed by atoms with Crippen molar-refractivity contribution in [1.82, 2.24) is 4.98 Å². The first-order valence-corrected chi connectivity index (χ1v) is 11.0. The number of hydrogen-bond donors (Lipinski definition) is 2. The quantitative estimate of drug-likeness (QED) is 0.377. The van der Waals surface area contributed by atoms with Crippen molar-refractivity contribution in [2.45, 2.75) is 0 Å². The van der Waals surface area contributed by atoms with Crippen molar-refractivity contribution < 1.29 is 13.2 Å². The topological polar surface area (TPSA) is 80.3 Å². The Morgan fingerprint density at radius 2 is 1.73 bits per heavy atom. The van der Waals surface area contributed by atoms with Crippen molar-refractivity contribution in [3.05, 3.63) is 65.7 Å². The van der Waals surface area contributed by atoms with E-state index in [2.05, 4.69) is 10.0 Å². The number of aromatic nitrogens is 1. The molecule has 156 valence electrons. The van der Waals surface area contributed by atoms with E-state index in [1.165, 1.54) is 7.11 Å². The first-order chi connectivity index (χ1) is 13.9. The van der Waals surface area contributed by atoms with Crippen LogP contribution in [0.3, 0.4) is 0 Å². The van der Waals surface area contributed by atoms with Crippen LogP contribution in [0.15, 0.2) is 60.7 Å². The van der Waals surface area contributed by atoms with Crippen LogP contribution in [0.5, 0.6) is 5.75 Å². The number of pyridine rings is 1. The molecule has 0 radical (unpaired) electrons. The van der Waals surface area contributed by atoms with Crippen molar-refractivity contribution in [2.24, 2.45) is 0 Å². The number of methoxy groups -OCH3 is 1. The molecule has 0 amide bonds. The smallest absolute Gasteiger partial charge is 0.229 e. The zero-order valence-electron chi connectivity index (χ0n) is 16.1. The molecule has 0 saturated carbocycles. The Hall–Kier alpha value is -2.74. The molecule has 4 rings (SSSR count). The Morgan fingerprint density at radius 3 is 2.47 bits per heavy atom. The Labute approximate surface area is 185 Å². The molecule has 1 aromatic heterocycles. The number of nitrogens with one attached hydrogen (secondary N) is 2. The minimum Gasteiger partial charge on any atom is -0.494 e. The van der Waals surface area contributed by atoms with E-state index in [-0.39, 0.29) is 12.4 Å². The van der Waals surface area contributed by atoms with Crippen LogP contribution in [0, 0.1) is 0 Å². The van der Waals surface area contributed by atoms with Gasteiger partial charge in [-0.1, -0.05) is 41.9 Å². The van der Waals surface area contributed by atoms with E-state index in [1.54, 1.807) is 18.2 Å². The lowest BCUT2D eigenvalue weighted by molar-refractivity contribution is 0.417. The largest absolute Gasteiger partial charge is 0.494 e. The van der Waals surface area contributed by atoms with Crippen LogP contribution in [0.1, 0.15) is 0 Å². The predicted octanol–water partition coefficient (Wildman–Crippen LogP) is 5.59. The van der Waals surface area contributed by atoms with Gasteiger partial charge in [0.25, 0.3) is 0 Å². The second-order valence-electron chi connectivity index (χ2n) is 6.55. The molecule has 0 fully saturated rings. The van der Waals surface area contributed by atoms with Gasteiger partial charge in [0, 0.05) is 16.8 Å². The molecule has 1 heterocycles. The van der Waals surface area contributed by atoms with Crippen molar-refractivity contribution in [2.75, 3.05) is 23.4 Å². The molecular weight excluding hydrogens is 445 g/mol. The van der Waals surface area contributed by atoms with Crippen LogP contribution in [0.2, 0.25) is 5.02 Å². The highest BCUT2D eigenvalue weighted by molar-refractivity contribution is 7.92. The van der Waals surface area contributed by atoms with Gasteiger partial charge >= 0.3 is 0 Å². The van der Waals surface area contributed by atoms with Crippen LogP contribution in [0.4, 0.5) is 17.1 Å². The third-order valence-corrected chi connectivity index (χ3v) is 5.34. The molecule has 6 nitrogen and oxygen atoms in total. The zero-order chi connectivity index (χ0) is 20.6. The molecule has 3 aromatic carbocycles. The number of anilines is 3. The summed E-state index contributed by atoms with van der Waals surface area (Å²) in [6.07, 6.45) is 1.10. The summed E-state index contributed by atoms with van der Waals surface area (Å²) in [6.45, 7) is 0. The van der Waals surface area contributed by atoms with Gasteiger partial charge in [-0.2, -0.15) is 0 Å². The number of hydrogen-bond acceptors (Lipinski definition) is 5. The minimum atomic E-state index is -3.39. The van der Waals surface area contributed by atoms with E-state index in [0.29, 0.717) is 27.7 Å². The van der Waals surface area contributed by atoms with Gasteiger partial charge in [0.05, 0.1) is 46.5 Å². The summed E-state index contributed by atoms with van der Waals surface area (Å²) in [7, 11) is -1.85. The second-order valence-corrected chi connectivity index (χ2v) is 8.71. The highest BCUT2D eigenvalue weighted by Gasteiger charge is 2.14. The lowest BCUT2D eigenvalue weighted by atomic mass is 10.1. The maximum atomic E-state index is 11.5.